The predicted molar refractivity (Wildman–Crippen MR) is 73.9 cm³/mol. The van der Waals surface area contributed by atoms with Gasteiger partial charge >= 0.3 is 0 Å². The minimum Gasteiger partial charge on any atom is -0.377 e. The van der Waals surface area contributed by atoms with Crippen LogP contribution in [0.1, 0.15) is 22.8 Å². The van der Waals surface area contributed by atoms with Gasteiger partial charge in [0.15, 0.2) is 5.82 Å². The average Bonchev–Trinajstić information content (AvgIpc) is 2.46. The van der Waals surface area contributed by atoms with Crippen LogP contribution in [0.3, 0.4) is 0 Å². The normalized spacial score (nSPS) is 10.3. The number of nitrogens with one attached hydrogen (secondary N) is 1. The highest BCUT2D eigenvalue weighted by atomic mass is 19.1. The van der Waals surface area contributed by atoms with Crippen LogP contribution in [0, 0.1) is 5.82 Å². The molecule has 2 aromatic rings. The van der Waals surface area contributed by atoms with Crippen LogP contribution in [0.2, 0.25) is 0 Å². The van der Waals surface area contributed by atoms with Gasteiger partial charge < -0.3 is 10.1 Å². The van der Waals surface area contributed by atoms with Gasteiger partial charge in [0.05, 0.1) is 18.4 Å². The van der Waals surface area contributed by atoms with Crippen LogP contribution in [-0.2, 0) is 11.3 Å². The second-order valence-electron chi connectivity index (χ2n) is 4.10. The first-order chi connectivity index (χ1) is 9.72. The topological polar surface area (TPSA) is 51.2 Å². The van der Waals surface area contributed by atoms with E-state index in [1.807, 2.05) is 19.1 Å². The van der Waals surface area contributed by atoms with E-state index in [-0.39, 0.29) is 5.56 Å². The van der Waals surface area contributed by atoms with E-state index in [9.17, 15) is 9.18 Å². The molecule has 0 atom stereocenters. The lowest BCUT2D eigenvalue weighted by Crippen LogP contribution is -2.15. The fourth-order valence-electron chi connectivity index (χ4n) is 1.73. The van der Waals surface area contributed by atoms with Crippen molar-refractivity contribution in [2.75, 3.05) is 11.9 Å². The molecule has 104 valence electrons. The van der Waals surface area contributed by atoms with Crippen LogP contribution in [-0.4, -0.2) is 17.5 Å². The molecule has 0 fully saturated rings. The number of hydrogen-bond donors (Lipinski definition) is 1. The maximum atomic E-state index is 13.5. The Hall–Kier alpha value is -2.27. The van der Waals surface area contributed by atoms with Gasteiger partial charge in [0.1, 0.15) is 0 Å². The number of benzene rings is 1. The highest BCUT2D eigenvalue weighted by molar-refractivity contribution is 6.04. The summed E-state index contributed by atoms with van der Waals surface area (Å²) in [7, 11) is 0. The molecule has 0 aliphatic carbocycles. The summed E-state index contributed by atoms with van der Waals surface area (Å²) >= 11 is 0. The fourth-order valence-corrected chi connectivity index (χ4v) is 1.73. The second-order valence-corrected chi connectivity index (χ2v) is 4.10. The molecule has 1 N–H and O–H groups in total. The highest BCUT2D eigenvalue weighted by Crippen LogP contribution is 2.17. The van der Waals surface area contributed by atoms with Gasteiger partial charge in [-0.05, 0) is 19.1 Å². The first-order valence-electron chi connectivity index (χ1n) is 6.29. The van der Waals surface area contributed by atoms with E-state index < -0.39 is 11.7 Å². The first kappa shape index (κ1) is 14.1. The Bertz CT molecular complexity index is 602. The van der Waals surface area contributed by atoms with Gasteiger partial charge in [-0.1, -0.05) is 18.2 Å². The number of nitrogens with zero attached hydrogens (tertiary/aromatic N) is 1. The SMILES string of the molecule is CCOCc1ccccc1NC(=O)c1ccncc1F. The first-order valence-corrected chi connectivity index (χ1v) is 6.29. The number of para-hydroxylation sites is 1. The van der Waals surface area contributed by atoms with Crippen LogP contribution in [0.25, 0.3) is 0 Å². The Kier molecular flexibility index (Phi) is 4.79. The van der Waals surface area contributed by atoms with Gasteiger partial charge in [-0.25, -0.2) is 4.39 Å². The fraction of sp³-hybridized carbons (Fsp3) is 0.200. The molecule has 1 aromatic carbocycles. The monoisotopic (exact) mass is 274 g/mol. The number of amides is 1. The van der Waals surface area contributed by atoms with Crippen molar-refractivity contribution in [2.24, 2.45) is 0 Å². The van der Waals surface area contributed by atoms with Crippen molar-refractivity contribution in [2.45, 2.75) is 13.5 Å². The third kappa shape index (κ3) is 3.39. The molecule has 1 heterocycles. The Balaban J connectivity index is 2.18. The zero-order chi connectivity index (χ0) is 14.4. The molecule has 0 saturated carbocycles. The van der Waals surface area contributed by atoms with E-state index in [4.69, 9.17) is 4.74 Å². The third-order valence-corrected chi connectivity index (χ3v) is 2.74. The van der Waals surface area contributed by atoms with Crippen LogP contribution in [0.5, 0.6) is 0 Å². The Morgan fingerprint density at radius 2 is 2.15 bits per heavy atom. The highest BCUT2D eigenvalue weighted by Gasteiger charge is 2.13. The van der Waals surface area contributed by atoms with Crippen molar-refractivity contribution in [3.8, 4) is 0 Å². The number of hydrogen-bond acceptors (Lipinski definition) is 3. The Labute approximate surface area is 116 Å². The zero-order valence-electron chi connectivity index (χ0n) is 11.1. The molecular formula is C15H15FN2O2. The van der Waals surface area contributed by atoms with Crippen LogP contribution >= 0.6 is 0 Å². The summed E-state index contributed by atoms with van der Waals surface area (Å²) in [4.78, 5) is 15.7. The van der Waals surface area contributed by atoms with Crippen molar-refractivity contribution >= 4 is 11.6 Å². The third-order valence-electron chi connectivity index (χ3n) is 2.74. The minimum atomic E-state index is -0.646. The summed E-state index contributed by atoms with van der Waals surface area (Å²) in [6, 6.07) is 8.61. The second kappa shape index (κ2) is 6.77. The number of rotatable bonds is 5. The molecule has 0 radical (unpaired) electrons. The lowest BCUT2D eigenvalue weighted by molar-refractivity contribution is 0.102. The summed E-state index contributed by atoms with van der Waals surface area (Å²) in [5.74, 6) is -1.15. The van der Waals surface area contributed by atoms with Crippen LogP contribution in [0.4, 0.5) is 10.1 Å². The summed E-state index contributed by atoms with van der Waals surface area (Å²) < 4.78 is 18.8. The number of halogens is 1. The molecule has 1 amide bonds. The van der Waals surface area contributed by atoms with Gasteiger partial charge in [-0.15, -0.1) is 0 Å². The molecule has 0 spiro atoms. The quantitative estimate of drug-likeness (QED) is 0.911. The maximum Gasteiger partial charge on any atom is 0.258 e. The summed E-state index contributed by atoms with van der Waals surface area (Å²) in [5, 5.41) is 2.69. The Morgan fingerprint density at radius 1 is 1.35 bits per heavy atom. The molecule has 0 bridgehead atoms. The van der Waals surface area contributed by atoms with Gasteiger partial charge in [-0.2, -0.15) is 0 Å². The molecule has 20 heavy (non-hydrogen) atoms. The largest absolute Gasteiger partial charge is 0.377 e. The molecule has 1 aromatic heterocycles. The average molecular weight is 274 g/mol. The number of anilines is 1. The number of carbonyl (C=O) groups is 1. The molecule has 4 nitrogen and oxygen atoms in total. The number of aromatic nitrogens is 1. The minimum absolute atomic E-state index is 0.0359. The molecule has 0 unspecified atom stereocenters. The van der Waals surface area contributed by atoms with Crippen molar-refractivity contribution in [1.29, 1.82) is 0 Å². The lowest BCUT2D eigenvalue weighted by Gasteiger charge is -2.11. The number of pyridine rings is 1. The van der Waals surface area contributed by atoms with Crippen LogP contribution in [0.15, 0.2) is 42.7 Å². The molecule has 0 aliphatic rings. The molecule has 0 saturated heterocycles. The van der Waals surface area contributed by atoms with Crippen molar-refractivity contribution < 1.29 is 13.9 Å². The summed E-state index contributed by atoms with van der Waals surface area (Å²) in [5.41, 5.74) is 1.42. The lowest BCUT2D eigenvalue weighted by atomic mass is 10.1. The van der Waals surface area contributed by atoms with Crippen molar-refractivity contribution in [3.05, 3.63) is 59.7 Å². The van der Waals surface area contributed by atoms with Gasteiger partial charge in [0.2, 0.25) is 0 Å². The molecule has 2 rings (SSSR count). The van der Waals surface area contributed by atoms with E-state index in [0.29, 0.717) is 18.9 Å². The summed E-state index contributed by atoms with van der Waals surface area (Å²) in [6.07, 6.45) is 2.39. The van der Waals surface area contributed by atoms with E-state index in [0.717, 1.165) is 11.8 Å². The van der Waals surface area contributed by atoms with Gasteiger partial charge in [0.25, 0.3) is 5.91 Å². The molecular weight excluding hydrogens is 259 g/mol. The van der Waals surface area contributed by atoms with E-state index in [1.165, 1.54) is 12.3 Å². The maximum absolute atomic E-state index is 13.5. The molecule has 0 aliphatic heterocycles. The van der Waals surface area contributed by atoms with E-state index in [2.05, 4.69) is 10.3 Å². The van der Waals surface area contributed by atoms with Gasteiger partial charge in [0, 0.05) is 24.1 Å². The zero-order valence-corrected chi connectivity index (χ0v) is 11.1. The smallest absolute Gasteiger partial charge is 0.258 e. The van der Waals surface area contributed by atoms with Crippen molar-refractivity contribution in [1.82, 2.24) is 4.98 Å². The van der Waals surface area contributed by atoms with Crippen molar-refractivity contribution in [3.63, 3.8) is 0 Å². The van der Waals surface area contributed by atoms with Crippen LogP contribution < -0.4 is 5.32 Å². The molecule has 5 heteroatoms. The Morgan fingerprint density at radius 3 is 2.90 bits per heavy atom. The number of ether oxygens (including phenoxy) is 1. The summed E-state index contributed by atoms with van der Waals surface area (Å²) in [6.45, 7) is 2.88. The van der Waals surface area contributed by atoms with E-state index in [1.54, 1.807) is 12.1 Å². The van der Waals surface area contributed by atoms with Gasteiger partial charge in [-0.3, -0.25) is 9.78 Å². The predicted octanol–water partition coefficient (Wildman–Crippen LogP) is 3.01. The standard InChI is InChI=1S/C15H15FN2O2/c1-2-20-10-11-5-3-4-6-14(11)18-15(19)12-7-8-17-9-13(12)16/h3-9H,2,10H2,1H3,(H,18,19). The van der Waals surface area contributed by atoms with E-state index >= 15 is 0 Å². The number of carbonyl (C=O) groups excluding carboxylic acids is 1.